The molecule has 2 atom stereocenters. The monoisotopic (exact) mass is 415 g/mol. The van der Waals surface area contributed by atoms with E-state index in [4.69, 9.17) is 4.99 Å². The van der Waals surface area contributed by atoms with Crippen molar-refractivity contribution in [2.45, 2.75) is 25.9 Å². The molecule has 4 rings (SSSR count). The summed E-state index contributed by atoms with van der Waals surface area (Å²) in [6.07, 6.45) is 3.12. The minimum atomic E-state index is -0.428. The molecule has 0 bridgehead atoms. The van der Waals surface area contributed by atoms with Gasteiger partial charge in [-0.3, -0.25) is 4.79 Å². The predicted octanol–water partition coefficient (Wildman–Crippen LogP) is 4.15. The van der Waals surface area contributed by atoms with Crippen LogP contribution in [0.3, 0.4) is 0 Å². The number of aromatic nitrogens is 1. The highest BCUT2D eigenvalue weighted by Crippen LogP contribution is 2.40. The molecule has 2 heterocycles. The third kappa shape index (κ3) is 4.10. The molecule has 6 nitrogen and oxygen atoms in total. The second-order valence-electron chi connectivity index (χ2n) is 8.53. The van der Waals surface area contributed by atoms with Gasteiger partial charge in [0.25, 0.3) is 5.91 Å². The molecule has 1 aliphatic rings. The number of hydrazine groups is 1. The fraction of sp³-hybridized carbons (Fsp3) is 0.320. The van der Waals surface area contributed by atoms with Gasteiger partial charge < -0.3 is 4.90 Å². The fourth-order valence-corrected chi connectivity index (χ4v) is 4.12. The van der Waals surface area contributed by atoms with Crippen molar-refractivity contribution >= 4 is 28.8 Å². The lowest BCUT2D eigenvalue weighted by Crippen LogP contribution is -2.44. The maximum Gasteiger partial charge on any atom is 0.252 e. The van der Waals surface area contributed by atoms with Crippen LogP contribution >= 0.6 is 0 Å². The first-order valence-corrected chi connectivity index (χ1v) is 10.7. The number of amides is 1. The Morgan fingerprint density at radius 3 is 2.52 bits per heavy atom. The molecule has 6 heteroatoms. The Hall–Kier alpha value is -3.41. The van der Waals surface area contributed by atoms with Gasteiger partial charge in [-0.05, 0) is 34.4 Å². The summed E-state index contributed by atoms with van der Waals surface area (Å²) >= 11 is 0. The van der Waals surface area contributed by atoms with Crippen LogP contribution in [0.15, 0.2) is 71.9 Å². The van der Waals surface area contributed by atoms with Gasteiger partial charge >= 0.3 is 0 Å². The quantitative estimate of drug-likeness (QED) is 0.448. The first-order valence-electron chi connectivity index (χ1n) is 10.7. The van der Waals surface area contributed by atoms with Gasteiger partial charge in [0.2, 0.25) is 0 Å². The van der Waals surface area contributed by atoms with Gasteiger partial charge in [-0.2, -0.15) is 0 Å². The van der Waals surface area contributed by atoms with E-state index in [-0.39, 0.29) is 5.91 Å². The molecule has 0 spiro atoms. The Kier molecular flexibility index (Phi) is 5.89. The molecule has 2 unspecified atom stereocenters. The fourth-order valence-electron chi connectivity index (χ4n) is 4.12. The van der Waals surface area contributed by atoms with E-state index in [0.717, 1.165) is 22.2 Å². The van der Waals surface area contributed by atoms with Gasteiger partial charge in [-0.25, -0.2) is 20.0 Å². The summed E-state index contributed by atoms with van der Waals surface area (Å²) in [5.41, 5.74) is 0.996. The molecule has 0 radical (unpaired) electrons. The normalized spacial score (nSPS) is 19.2. The van der Waals surface area contributed by atoms with Gasteiger partial charge in [0.15, 0.2) is 6.17 Å². The van der Waals surface area contributed by atoms with E-state index < -0.39 is 12.1 Å². The van der Waals surface area contributed by atoms with Crippen molar-refractivity contribution < 1.29 is 4.79 Å². The standard InChI is InChI=1S/C25H29N5O/c1-18(2)16-29-25(31)23(21-13-9-11-19-10-5-6-12-20(19)21)24(27-17-28(3)4)30(29)22-14-7-8-15-26-22/h5-15,17-18,23-24H,16H2,1-4H3/b27-17+. The van der Waals surface area contributed by atoms with Gasteiger partial charge in [-0.15, -0.1) is 0 Å². The van der Waals surface area contributed by atoms with E-state index in [1.54, 1.807) is 12.5 Å². The number of carbonyl (C=O) groups excluding carboxylic acids is 1. The Bertz CT molecular complexity index is 1070. The lowest BCUT2D eigenvalue weighted by atomic mass is 9.91. The van der Waals surface area contributed by atoms with E-state index in [2.05, 4.69) is 43.1 Å². The molecule has 1 amide bonds. The van der Waals surface area contributed by atoms with Crippen LogP contribution in [0.25, 0.3) is 10.8 Å². The number of hydrogen-bond acceptors (Lipinski definition) is 4. The number of nitrogens with zero attached hydrogens (tertiary/aromatic N) is 5. The third-order valence-corrected chi connectivity index (χ3v) is 5.36. The molecule has 31 heavy (non-hydrogen) atoms. The number of fused-ring (bicyclic) bond motifs is 1. The number of pyridine rings is 1. The minimum Gasteiger partial charge on any atom is -0.369 e. The van der Waals surface area contributed by atoms with Crippen molar-refractivity contribution in [3.63, 3.8) is 0 Å². The summed E-state index contributed by atoms with van der Waals surface area (Å²) in [7, 11) is 3.87. The van der Waals surface area contributed by atoms with Crippen LogP contribution in [0, 0.1) is 5.92 Å². The molecule has 160 valence electrons. The molecule has 1 aromatic heterocycles. The lowest BCUT2D eigenvalue weighted by Gasteiger charge is -2.32. The topological polar surface area (TPSA) is 52.0 Å². The van der Waals surface area contributed by atoms with Crippen LogP contribution in [-0.2, 0) is 4.79 Å². The molecule has 0 saturated carbocycles. The van der Waals surface area contributed by atoms with E-state index in [0.29, 0.717) is 12.5 Å². The van der Waals surface area contributed by atoms with E-state index >= 15 is 0 Å². The number of hydrogen-bond donors (Lipinski definition) is 0. The van der Waals surface area contributed by atoms with Gasteiger partial charge in [0, 0.05) is 26.8 Å². The summed E-state index contributed by atoms with van der Waals surface area (Å²) in [6, 6.07) is 20.1. The van der Waals surface area contributed by atoms with Crippen molar-refractivity contribution in [3.05, 3.63) is 72.4 Å². The van der Waals surface area contributed by atoms with E-state index in [1.165, 1.54) is 0 Å². The number of carbonyl (C=O) groups is 1. The van der Waals surface area contributed by atoms with Crippen molar-refractivity contribution in [1.82, 2.24) is 14.9 Å². The number of rotatable bonds is 6. The van der Waals surface area contributed by atoms with E-state index in [9.17, 15) is 4.79 Å². The second kappa shape index (κ2) is 8.76. The van der Waals surface area contributed by atoms with Crippen molar-refractivity contribution in [2.24, 2.45) is 10.9 Å². The molecule has 1 saturated heterocycles. The second-order valence-corrected chi connectivity index (χ2v) is 8.53. The molecule has 0 N–H and O–H groups in total. The van der Waals surface area contributed by atoms with Crippen LogP contribution in [0.5, 0.6) is 0 Å². The minimum absolute atomic E-state index is 0.0524. The zero-order valence-corrected chi connectivity index (χ0v) is 18.5. The van der Waals surface area contributed by atoms with Crippen LogP contribution in [0.4, 0.5) is 5.82 Å². The third-order valence-electron chi connectivity index (χ3n) is 5.36. The maximum absolute atomic E-state index is 13.9. The Balaban J connectivity index is 1.90. The van der Waals surface area contributed by atoms with Crippen molar-refractivity contribution in [3.8, 4) is 0 Å². The summed E-state index contributed by atoms with van der Waals surface area (Å²) in [5.74, 6) is 0.653. The summed E-state index contributed by atoms with van der Waals surface area (Å²) < 4.78 is 0. The lowest BCUT2D eigenvalue weighted by molar-refractivity contribution is -0.129. The Labute approximate surface area is 183 Å². The average Bonchev–Trinajstić information content (AvgIpc) is 3.03. The summed E-state index contributed by atoms with van der Waals surface area (Å²) in [6.45, 7) is 4.84. The highest BCUT2D eigenvalue weighted by molar-refractivity contribution is 5.96. The van der Waals surface area contributed by atoms with Crippen LogP contribution < -0.4 is 5.01 Å². The molecule has 2 aromatic carbocycles. The Morgan fingerprint density at radius 1 is 1.06 bits per heavy atom. The van der Waals surface area contributed by atoms with Crippen LogP contribution in [0.2, 0.25) is 0 Å². The largest absolute Gasteiger partial charge is 0.369 e. The zero-order valence-electron chi connectivity index (χ0n) is 18.5. The Morgan fingerprint density at radius 2 is 1.81 bits per heavy atom. The molecule has 1 fully saturated rings. The SMILES string of the molecule is CC(C)CN1C(=O)C(c2cccc3ccccc23)C(/N=C/N(C)C)N1c1ccccn1. The summed E-state index contributed by atoms with van der Waals surface area (Å²) in [5, 5.41) is 6.00. The van der Waals surface area contributed by atoms with Crippen LogP contribution in [-0.4, -0.2) is 53.9 Å². The van der Waals surface area contributed by atoms with Crippen molar-refractivity contribution in [1.29, 1.82) is 0 Å². The highest BCUT2D eigenvalue weighted by Gasteiger charge is 2.48. The smallest absolute Gasteiger partial charge is 0.252 e. The van der Waals surface area contributed by atoms with Gasteiger partial charge in [0.05, 0.1) is 6.34 Å². The van der Waals surface area contributed by atoms with Gasteiger partial charge in [0.1, 0.15) is 11.7 Å². The molecule has 1 aliphatic heterocycles. The maximum atomic E-state index is 13.9. The van der Waals surface area contributed by atoms with Crippen LogP contribution in [0.1, 0.15) is 25.3 Å². The molecule has 3 aromatic rings. The predicted molar refractivity (Wildman–Crippen MR) is 126 cm³/mol. The molecule has 0 aliphatic carbocycles. The first kappa shape index (κ1) is 20.8. The molecular weight excluding hydrogens is 386 g/mol. The highest BCUT2D eigenvalue weighted by atomic mass is 16.2. The number of aliphatic imine (C=N–C) groups is 1. The number of benzene rings is 2. The first-order chi connectivity index (χ1) is 15.0. The zero-order chi connectivity index (χ0) is 22.0. The van der Waals surface area contributed by atoms with E-state index in [1.807, 2.05) is 65.4 Å². The number of anilines is 1. The summed E-state index contributed by atoms with van der Waals surface area (Å²) in [4.78, 5) is 25.2. The van der Waals surface area contributed by atoms with Gasteiger partial charge in [-0.1, -0.05) is 62.4 Å². The molecular formula is C25H29N5O. The average molecular weight is 416 g/mol. The van der Waals surface area contributed by atoms with Crippen molar-refractivity contribution in [2.75, 3.05) is 25.6 Å².